The fraction of sp³-hybridized carbons (Fsp3) is 0.632. The summed E-state index contributed by atoms with van der Waals surface area (Å²) in [5.74, 6) is 1.57. The summed E-state index contributed by atoms with van der Waals surface area (Å²) in [6.45, 7) is 3.96. The van der Waals surface area contributed by atoms with Gasteiger partial charge in [-0.25, -0.2) is 0 Å². The van der Waals surface area contributed by atoms with Crippen molar-refractivity contribution in [2.24, 2.45) is 5.41 Å². The lowest BCUT2D eigenvalue weighted by Gasteiger charge is -2.38. The molecule has 1 aromatic carbocycles. The Balaban J connectivity index is 0.00000225. The SMILES string of the molecule is COCC1(C(=O)N2CCC(c3ccc(OC)cc3)C2)CCNCC1.Cl. The molecule has 0 aromatic heterocycles. The van der Waals surface area contributed by atoms with Gasteiger partial charge in [0.1, 0.15) is 5.75 Å². The number of nitrogens with one attached hydrogen (secondary N) is 1. The first-order chi connectivity index (χ1) is 11.7. The first-order valence-corrected chi connectivity index (χ1v) is 8.81. The molecule has 0 bridgehead atoms. The maximum atomic E-state index is 13.2. The predicted molar refractivity (Wildman–Crippen MR) is 101 cm³/mol. The van der Waals surface area contributed by atoms with E-state index in [4.69, 9.17) is 9.47 Å². The number of hydrogen-bond donors (Lipinski definition) is 1. The molecule has 1 amide bonds. The quantitative estimate of drug-likeness (QED) is 0.867. The van der Waals surface area contributed by atoms with Crippen LogP contribution in [-0.4, -0.2) is 57.8 Å². The molecular formula is C19H29ClN2O3. The van der Waals surface area contributed by atoms with Crippen LogP contribution < -0.4 is 10.1 Å². The first kappa shape index (κ1) is 20.0. The second kappa shape index (κ2) is 8.88. The lowest BCUT2D eigenvalue weighted by Crippen LogP contribution is -2.51. The van der Waals surface area contributed by atoms with Gasteiger partial charge in [-0.1, -0.05) is 12.1 Å². The van der Waals surface area contributed by atoms with Gasteiger partial charge in [-0.15, -0.1) is 12.4 Å². The van der Waals surface area contributed by atoms with E-state index in [9.17, 15) is 4.79 Å². The lowest BCUT2D eigenvalue weighted by atomic mass is 9.78. The average Bonchev–Trinajstić information content (AvgIpc) is 3.12. The topological polar surface area (TPSA) is 50.8 Å². The van der Waals surface area contributed by atoms with Crippen molar-refractivity contribution in [2.45, 2.75) is 25.2 Å². The van der Waals surface area contributed by atoms with Crippen molar-refractivity contribution in [3.05, 3.63) is 29.8 Å². The molecule has 2 saturated heterocycles. The van der Waals surface area contributed by atoms with E-state index in [2.05, 4.69) is 22.3 Å². The summed E-state index contributed by atoms with van der Waals surface area (Å²) >= 11 is 0. The zero-order valence-corrected chi connectivity index (χ0v) is 15.9. The number of piperidine rings is 1. The minimum absolute atomic E-state index is 0. The van der Waals surface area contributed by atoms with Crippen LogP contribution in [0.15, 0.2) is 24.3 Å². The minimum atomic E-state index is -0.338. The van der Waals surface area contributed by atoms with Gasteiger partial charge in [-0.3, -0.25) is 4.79 Å². The molecule has 1 unspecified atom stereocenters. The Morgan fingerprint density at radius 3 is 2.52 bits per heavy atom. The highest BCUT2D eigenvalue weighted by Gasteiger charge is 2.43. The number of carbonyl (C=O) groups excluding carboxylic acids is 1. The zero-order valence-electron chi connectivity index (χ0n) is 15.1. The molecule has 2 heterocycles. The number of hydrogen-bond acceptors (Lipinski definition) is 4. The second-order valence-electron chi connectivity index (χ2n) is 6.97. The van der Waals surface area contributed by atoms with Gasteiger partial charge in [0.15, 0.2) is 0 Å². The van der Waals surface area contributed by atoms with E-state index in [-0.39, 0.29) is 23.7 Å². The molecule has 2 fully saturated rings. The zero-order chi connectivity index (χ0) is 17.0. The van der Waals surface area contributed by atoms with Crippen molar-refractivity contribution in [1.82, 2.24) is 10.2 Å². The molecule has 0 aliphatic carbocycles. The molecule has 2 aliphatic heterocycles. The summed E-state index contributed by atoms with van der Waals surface area (Å²) in [6.07, 6.45) is 2.76. The molecule has 25 heavy (non-hydrogen) atoms. The molecule has 5 nitrogen and oxygen atoms in total. The van der Waals surface area contributed by atoms with Crippen LogP contribution in [0.25, 0.3) is 0 Å². The molecule has 140 valence electrons. The fourth-order valence-electron chi connectivity index (χ4n) is 4.03. The average molecular weight is 369 g/mol. The number of benzene rings is 1. The van der Waals surface area contributed by atoms with E-state index in [1.54, 1.807) is 14.2 Å². The Bertz CT molecular complexity index is 553. The van der Waals surface area contributed by atoms with Crippen LogP contribution >= 0.6 is 12.4 Å². The lowest BCUT2D eigenvalue weighted by molar-refractivity contribution is -0.146. The first-order valence-electron chi connectivity index (χ1n) is 8.81. The molecule has 2 aliphatic rings. The molecule has 1 aromatic rings. The molecule has 0 radical (unpaired) electrons. The Morgan fingerprint density at radius 1 is 1.24 bits per heavy atom. The maximum absolute atomic E-state index is 13.2. The van der Waals surface area contributed by atoms with Crippen molar-refractivity contribution in [1.29, 1.82) is 0 Å². The number of halogens is 1. The van der Waals surface area contributed by atoms with Crippen molar-refractivity contribution >= 4 is 18.3 Å². The van der Waals surface area contributed by atoms with Crippen LogP contribution in [0.3, 0.4) is 0 Å². The van der Waals surface area contributed by atoms with Crippen LogP contribution in [0, 0.1) is 5.41 Å². The molecule has 0 saturated carbocycles. The van der Waals surface area contributed by atoms with Crippen molar-refractivity contribution in [3.8, 4) is 5.75 Å². The third-order valence-corrected chi connectivity index (χ3v) is 5.50. The highest BCUT2D eigenvalue weighted by atomic mass is 35.5. The highest BCUT2D eigenvalue weighted by Crippen LogP contribution is 2.36. The summed E-state index contributed by atoms with van der Waals surface area (Å²) in [6, 6.07) is 8.23. The van der Waals surface area contributed by atoms with Crippen molar-refractivity contribution in [3.63, 3.8) is 0 Å². The molecule has 1 atom stereocenters. The fourth-order valence-corrected chi connectivity index (χ4v) is 4.03. The van der Waals surface area contributed by atoms with Gasteiger partial charge in [0.25, 0.3) is 0 Å². The van der Waals surface area contributed by atoms with Crippen LogP contribution in [-0.2, 0) is 9.53 Å². The summed E-state index contributed by atoms with van der Waals surface area (Å²) in [4.78, 5) is 15.2. The molecule has 6 heteroatoms. The predicted octanol–water partition coefficient (Wildman–Crippen LogP) is 2.45. The van der Waals surface area contributed by atoms with Gasteiger partial charge >= 0.3 is 0 Å². The Hall–Kier alpha value is -1.30. The van der Waals surface area contributed by atoms with Crippen LogP contribution in [0.2, 0.25) is 0 Å². The molecule has 0 spiro atoms. The van der Waals surface area contributed by atoms with Gasteiger partial charge in [-0.2, -0.15) is 0 Å². The van der Waals surface area contributed by atoms with Crippen molar-refractivity contribution < 1.29 is 14.3 Å². The number of ether oxygens (including phenoxy) is 2. The third-order valence-electron chi connectivity index (χ3n) is 5.50. The second-order valence-corrected chi connectivity index (χ2v) is 6.97. The van der Waals surface area contributed by atoms with Crippen LogP contribution in [0.5, 0.6) is 5.75 Å². The van der Waals surface area contributed by atoms with Crippen molar-refractivity contribution in [2.75, 3.05) is 47.0 Å². The molecule has 3 rings (SSSR count). The normalized spacial score (nSPS) is 22.3. The Kier molecular flexibility index (Phi) is 7.11. The Morgan fingerprint density at radius 2 is 1.92 bits per heavy atom. The monoisotopic (exact) mass is 368 g/mol. The Labute approximate surface area is 156 Å². The highest BCUT2D eigenvalue weighted by molar-refractivity contribution is 5.85. The summed E-state index contributed by atoms with van der Waals surface area (Å²) in [7, 11) is 3.38. The number of likely N-dealkylation sites (tertiary alicyclic amines) is 1. The van der Waals surface area contributed by atoms with Gasteiger partial charge < -0.3 is 19.7 Å². The van der Waals surface area contributed by atoms with Crippen LogP contribution in [0.1, 0.15) is 30.7 Å². The van der Waals surface area contributed by atoms with Gasteiger partial charge in [-0.05, 0) is 50.0 Å². The third kappa shape index (κ3) is 4.27. The standard InChI is InChI=1S/C19H28N2O3.ClH/c1-23-14-19(8-10-20-11-9-19)18(22)21-12-7-16(13-21)15-3-5-17(24-2)6-4-15;/h3-6,16,20H,7-14H2,1-2H3;1H. The van der Waals surface area contributed by atoms with Gasteiger partial charge in [0, 0.05) is 26.1 Å². The van der Waals surface area contributed by atoms with E-state index in [1.165, 1.54) is 5.56 Å². The number of rotatable bonds is 5. The number of methoxy groups -OCH3 is 2. The summed E-state index contributed by atoms with van der Waals surface area (Å²) in [5.41, 5.74) is 0.951. The molecule has 1 N–H and O–H groups in total. The maximum Gasteiger partial charge on any atom is 0.231 e. The van der Waals surface area contributed by atoms with E-state index >= 15 is 0 Å². The van der Waals surface area contributed by atoms with E-state index in [1.807, 2.05) is 12.1 Å². The summed E-state index contributed by atoms with van der Waals surface area (Å²) < 4.78 is 10.6. The number of nitrogens with zero attached hydrogens (tertiary/aromatic N) is 1. The van der Waals surface area contributed by atoms with Gasteiger partial charge in [0.05, 0.1) is 19.1 Å². The molecular weight excluding hydrogens is 340 g/mol. The van der Waals surface area contributed by atoms with E-state index in [0.717, 1.165) is 51.2 Å². The largest absolute Gasteiger partial charge is 0.497 e. The number of carbonyl (C=O) groups is 1. The van der Waals surface area contributed by atoms with E-state index < -0.39 is 0 Å². The number of amides is 1. The minimum Gasteiger partial charge on any atom is -0.497 e. The van der Waals surface area contributed by atoms with E-state index in [0.29, 0.717) is 12.5 Å². The summed E-state index contributed by atoms with van der Waals surface area (Å²) in [5, 5.41) is 3.35. The smallest absolute Gasteiger partial charge is 0.231 e. The van der Waals surface area contributed by atoms with Crippen LogP contribution in [0.4, 0.5) is 0 Å². The van der Waals surface area contributed by atoms with Gasteiger partial charge in [0.2, 0.25) is 5.91 Å².